The highest BCUT2D eigenvalue weighted by Crippen LogP contribution is 2.34. The number of aliphatic hydroxyl groups excluding tert-OH is 2. The average Bonchev–Trinajstić information content (AvgIpc) is 3.01. The summed E-state index contributed by atoms with van der Waals surface area (Å²) in [6.45, 7) is -0.456. The molecule has 4 atom stereocenters. The van der Waals surface area contributed by atoms with E-state index in [1.807, 2.05) is 14.1 Å². The summed E-state index contributed by atoms with van der Waals surface area (Å²) in [7, 11) is 3.63. The maximum Gasteiger partial charge on any atom is 0.173 e. The van der Waals surface area contributed by atoms with E-state index in [2.05, 4.69) is 15.0 Å². The van der Waals surface area contributed by atoms with Gasteiger partial charge in [0.1, 0.15) is 18.5 Å². The molecule has 0 aliphatic carbocycles. The van der Waals surface area contributed by atoms with Gasteiger partial charge < -0.3 is 19.8 Å². The number of hydrogen-bond donors (Lipinski definition) is 2. The van der Waals surface area contributed by atoms with Crippen molar-refractivity contribution in [1.29, 1.82) is 0 Å². The zero-order valence-corrected chi connectivity index (χ0v) is 11.6. The summed E-state index contributed by atoms with van der Waals surface area (Å²) in [5, 5.41) is 18.8. The summed E-state index contributed by atoms with van der Waals surface area (Å²) >= 11 is 0. The molecule has 0 unspecified atom stereocenters. The van der Waals surface area contributed by atoms with Gasteiger partial charge in [0, 0.05) is 14.1 Å². The Kier molecular flexibility index (Phi) is 3.47. The largest absolute Gasteiger partial charge is 0.394 e. The zero-order chi connectivity index (χ0) is 15.1. The number of halogens is 1. The Hall–Kier alpha value is -1.84. The van der Waals surface area contributed by atoms with Crippen molar-refractivity contribution in [2.45, 2.75) is 24.6 Å². The molecule has 114 valence electrons. The van der Waals surface area contributed by atoms with Crippen LogP contribution in [0.1, 0.15) is 6.23 Å². The van der Waals surface area contributed by atoms with Crippen LogP contribution in [0.25, 0.3) is 11.2 Å². The molecule has 2 aromatic heterocycles. The molecule has 3 heterocycles. The summed E-state index contributed by atoms with van der Waals surface area (Å²) in [5.74, 6) is 0.603. The molecule has 1 fully saturated rings. The zero-order valence-electron chi connectivity index (χ0n) is 11.6. The van der Waals surface area contributed by atoms with Crippen molar-refractivity contribution in [1.82, 2.24) is 19.5 Å². The second-order valence-corrected chi connectivity index (χ2v) is 5.10. The van der Waals surface area contributed by atoms with E-state index < -0.39 is 31.2 Å². The monoisotopic (exact) mass is 297 g/mol. The van der Waals surface area contributed by atoms with E-state index in [0.717, 1.165) is 0 Å². The van der Waals surface area contributed by atoms with Crippen molar-refractivity contribution in [3.05, 3.63) is 12.7 Å². The summed E-state index contributed by atoms with van der Waals surface area (Å²) in [5.41, 5.74) is 0.923. The molecule has 21 heavy (non-hydrogen) atoms. The second kappa shape index (κ2) is 5.17. The van der Waals surface area contributed by atoms with E-state index in [-0.39, 0.29) is 0 Å². The third-order valence-electron chi connectivity index (χ3n) is 3.51. The van der Waals surface area contributed by atoms with Crippen LogP contribution in [0.5, 0.6) is 0 Å². The number of imidazole rings is 1. The lowest BCUT2D eigenvalue weighted by atomic mass is 10.1. The van der Waals surface area contributed by atoms with Crippen LogP contribution in [0.3, 0.4) is 0 Å². The maximum absolute atomic E-state index is 14.2. The van der Waals surface area contributed by atoms with E-state index in [1.54, 1.807) is 4.90 Å². The van der Waals surface area contributed by atoms with E-state index in [1.165, 1.54) is 17.2 Å². The van der Waals surface area contributed by atoms with Gasteiger partial charge in [-0.25, -0.2) is 19.3 Å². The number of rotatable bonds is 3. The molecule has 0 saturated carbocycles. The predicted molar refractivity (Wildman–Crippen MR) is 71.5 cm³/mol. The number of fused-ring (bicyclic) bond motifs is 1. The van der Waals surface area contributed by atoms with Gasteiger partial charge in [-0.2, -0.15) is 0 Å². The third-order valence-corrected chi connectivity index (χ3v) is 3.51. The highest BCUT2D eigenvalue weighted by atomic mass is 19.1. The highest BCUT2D eigenvalue weighted by Gasteiger charge is 2.45. The SMILES string of the molecule is CN(C)c1ncnc2c1ncn2[C@@H]1O[C@H](CO)[C@H](O)[C@@H]1F. The molecule has 0 radical (unpaired) electrons. The fourth-order valence-electron chi connectivity index (χ4n) is 2.43. The topological polar surface area (TPSA) is 96.5 Å². The minimum atomic E-state index is -1.67. The molecule has 2 N–H and O–H groups in total. The number of ether oxygens (including phenoxy) is 1. The molecule has 1 saturated heterocycles. The number of anilines is 1. The number of hydrogen-bond acceptors (Lipinski definition) is 7. The summed E-state index contributed by atoms with van der Waals surface area (Å²) < 4.78 is 21.0. The van der Waals surface area contributed by atoms with Gasteiger partial charge in [0.15, 0.2) is 29.4 Å². The number of aliphatic hydroxyl groups is 2. The Balaban J connectivity index is 2.04. The first-order chi connectivity index (χ1) is 10.0. The minimum absolute atomic E-state index is 0.409. The molecule has 3 rings (SSSR count). The lowest BCUT2D eigenvalue weighted by Gasteiger charge is -2.15. The van der Waals surface area contributed by atoms with Crippen LogP contribution in [0.15, 0.2) is 12.7 Å². The molecule has 1 aliphatic rings. The smallest absolute Gasteiger partial charge is 0.173 e. The molecule has 8 nitrogen and oxygen atoms in total. The van der Waals surface area contributed by atoms with Gasteiger partial charge in [-0.05, 0) is 0 Å². The lowest BCUT2D eigenvalue weighted by Crippen LogP contribution is -2.30. The van der Waals surface area contributed by atoms with Crippen LogP contribution in [0, 0.1) is 0 Å². The Labute approximate surface area is 119 Å². The first-order valence-corrected chi connectivity index (χ1v) is 6.48. The quantitative estimate of drug-likeness (QED) is 0.787. The normalized spacial score (nSPS) is 29.2. The fourth-order valence-corrected chi connectivity index (χ4v) is 2.43. The molecule has 0 aromatic carbocycles. The average molecular weight is 297 g/mol. The Morgan fingerprint density at radius 3 is 2.76 bits per heavy atom. The van der Waals surface area contributed by atoms with E-state index in [4.69, 9.17) is 9.84 Å². The summed E-state index contributed by atoms with van der Waals surface area (Å²) in [6, 6.07) is 0. The third kappa shape index (κ3) is 2.13. The molecule has 0 bridgehead atoms. The van der Waals surface area contributed by atoms with Gasteiger partial charge in [-0.15, -0.1) is 0 Å². The first kappa shape index (κ1) is 14.1. The summed E-state index contributed by atoms with van der Waals surface area (Å²) in [4.78, 5) is 14.2. The molecular formula is C12H16FN5O3. The molecule has 1 aliphatic heterocycles. The standard InChI is InChI=1S/C12H16FN5O3/c1-17(2)10-8-11(15-4-14-10)18(5-16-8)12-7(13)9(20)6(3-19)21-12/h4-7,9,12,19-20H,3H2,1-2H3/t6-,7+,9+,12-/m1/s1. The Morgan fingerprint density at radius 1 is 1.38 bits per heavy atom. The molecule has 0 spiro atoms. The number of nitrogens with zero attached hydrogens (tertiary/aromatic N) is 5. The van der Waals surface area contributed by atoms with Crippen molar-refractivity contribution >= 4 is 17.0 Å². The number of aromatic nitrogens is 4. The van der Waals surface area contributed by atoms with Crippen LogP contribution < -0.4 is 4.90 Å². The highest BCUT2D eigenvalue weighted by molar-refractivity contribution is 5.83. The lowest BCUT2D eigenvalue weighted by molar-refractivity contribution is -0.0459. The van der Waals surface area contributed by atoms with Crippen LogP contribution >= 0.6 is 0 Å². The van der Waals surface area contributed by atoms with Crippen LogP contribution in [-0.2, 0) is 4.74 Å². The fraction of sp³-hybridized carbons (Fsp3) is 0.583. The minimum Gasteiger partial charge on any atom is -0.394 e. The Morgan fingerprint density at radius 2 is 2.14 bits per heavy atom. The van der Waals surface area contributed by atoms with Crippen molar-refractivity contribution in [2.24, 2.45) is 0 Å². The molecule has 9 heteroatoms. The number of alkyl halides is 1. The van der Waals surface area contributed by atoms with Gasteiger partial charge in [0.25, 0.3) is 0 Å². The van der Waals surface area contributed by atoms with Crippen molar-refractivity contribution in [2.75, 3.05) is 25.6 Å². The van der Waals surface area contributed by atoms with Crippen LogP contribution in [0.4, 0.5) is 10.2 Å². The Bertz CT molecular complexity index is 649. The van der Waals surface area contributed by atoms with Crippen LogP contribution in [0.2, 0.25) is 0 Å². The predicted octanol–water partition coefficient (Wildman–Crippen LogP) is -0.519. The molecule has 0 amide bonds. The van der Waals surface area contributed by atoms with Crippen molar-refractivity contribution < 1.29 is 19.3 Å². The van der Waals surface area contributed by atoms with Gasteiger partial charge >= 0.3 is 0 Å². The maximum atomic E-state index is 14.2. The van der Waals surface area contributed by atoms with Gasteiger partial charge in [0.05, 0.1) is 12.9 Å². The van der Waals surface area contributed by atoms with Crippen molar-refractivity contribution in [3.63, 3.8) is 0 Å². The molecule has 2 aromatic rings. The van der Waals surface area contributed by atoms with Gasteiger partial charge in [0.2, 0.25) is 0 Å². The van der Waals surface area contributed by atoms with Gasteiger partial charge in [-0.1, -0.05) is 0 Å². The summed E-state index contributed by atoms with van der Waals surface area (Å²) in [6.07, 6.45) is -2.33. The van der Waals surface area contributed by atoms with Crippen molar-refractivity contribution in [3.8, 4) is 0 Å². The van der Waals surface area contributed by atoms with E-state index in [9.17, 15) is 9.50 Å². The first-order valence-electron chi connectivity index (χ1n) is 6.48. The van der Waals surface area contributed by atoms with Crippen LogP contribution in [-0.4, -0.2) is 68.8 Å². The van der Waals surface area contributed by atoms with E-state index in [0.29, 0.717) is 17.0 Å². The molecular weight excluding hydrogens is 281 g/mol. The van der Waals surface area contributed by atoms with E-state index >= 15 is 0 Å². The van der Waals surface area contributed by atoms with Gasteiger partial charge in [-0.3, -0.25) is 4.57 Å². The second-order valence-electron chi connectivity index (χ2n) is 5.10.